The Hall–Kier alpha value is 5.47. The van der Waals surface area contributed by atoms with Crippen molar-refractivity contribution >= 4 is 0 Å². The summed E-state index contributed by atoms with van der Waals surface area (Å²) < 4.78 is 0. The fourth-order valence-corrected chi connectivity index (χ4v) is 0.780. The minimum absolute atomic E-state index is 0. The summed E-state index contributed by atoms with van der Waals surface area (Å²) in [5.74, 6) is 0. The maximum Gasteiger partial charge on any atom is 2.00 e. The van der Waals surface area contributed by atoms with E-state index < -0.39 is 0 Å². The van der Waals surface area contributed by atoms with E-state index in [0.717, 1.165) is 12.8 Å². The second-order valence-corrected chi connectivity index (χ2v) is 2.62. The summed E-state index contributed by atoms with van der Waals surface area (Å²) in [6.45, 7) is 12.8. The van der Waals surface area contributed by atoms with Crippen LogP contribution in [0.15, 0.2) is 0 Å². The third kappa shape index (κ3) is 74.3. The summed E-state index contributed by atoms with van der Waals surface area (Å²) in [4.78, 5) is 0. The molecule has 0 saturated heterocycles. The molecule has 4 radical (unpaired) electrons. The number of unbranched alkanes of at least 4 members (excludes halogenated alkanes) is 5. The van der Waals surface area contributed by atoms with Crippen LogP contribution in [-0.2, 0) is 131 Å². The van der Waals surface area contributed by atoms with Crippen LogP contribution in [0.1, 0.15) is 51.9 Å². The van der Waals surface area contributed by atoms with Gasteiger partial charge in [0.05, 0.1) is 0 Å². The van der Waals surface area contributed by atoms with E-state index in [9.17, 15) is 0 Å². The first-order chi connectivity index (χ1) is 5.33. The van der Waals surface area contributed by atoms with Gasteiger partial charge in [0.25, 0.3) is 0 Å². The summed E-state index contributed by atoms with van der Waals surface area (Å²) >= 11 is 0. The van der Waals surface area contributed by atoms with Gasteiger partial charge in [-0.05, 0) is 0 Å². The monoisotopic (exact) mass is 764 g/mol. The fourth-order valence-electron chi connectivity index (χ4n) is 0.780. The second-order valence-electron chi connectivity index (χ2n) is 2.62. The van der Waals surface area contributed by atoms with Crippen LogP contribution in [0.25, 0.3) is 0 Å². The van der Waals surface area contributed by atoms with Crippen LogP contribution in [0.5, 0.6) is 0 Å². The van der Waals surface area contributed by atoms with E-state index in [0.29, 0.717) is 0 Å². The molecule has 0 aliphatic rings. The van der Waals surface area contributed by atoms with Crippen molar-refractivity contribution in [2.75, 3.05) is 0 Å². The van der Waals surface area contributed by atoms with Gasteiger partial charge in [0.15, 0.2) is 0 Å². The van der Waals surface area contributed by atoms with E-state index in [2.05, 4.69) is 27.7 Å². The van der Waals surface area contributed by atoms with Gasteiger partial charge in [-0.2, -0.15) is 6.42 Å². The zero-order valence-corrected chi connectivity index (χ0v) is 27.4. The second kappa shape index (κ2) is 57.9. The van der Waals surface area contributed by atoms with Crippen molar-refractivity contribution in [2.24, 2.45) is 0 Å². The zero-order chi connectivity index (χ0) is 8.95. The van der Waals surface area contributed by atoms with Crippen LogP contribution < -0.4 is 0 Å². The van der Waals surface area contributed by atoms with E-state index >= 15 is 0 Å². The Labute approximate surface area is 236 Å². The van der Waals surface area contributed by atoms with E-state index in [1.807, 2.05) is 0 Å². The molecule has 17 heavy (non-hydrogen) atoms. The summed E-state index contributed by atoms with van der Waals surface area (Å²) in [7, 11) is 0. The summed E-state index contributed by atoms with van der Waals surface area (Å²) in [6, 6.07) is 0. The van der Waals surface area contributed by atoms with Crippen molar-refractivity contribution in [3.63, 3.8) is 0 Å². The first-order valence-corrected chi connectivity index (χ1v) is 4.71. The third-order valence-corrected chi connectivity index (χ3v) is 1.35. The molecule has 0 nitrogen and oxygen atoms in total. The molecule has 0 rings (SSSR count). The average Bonchev–Trinajstić information content (AvgIpc) is 2.00. The average molecular weight is 764 g/mol. The number of hydrogen-bond acceptors (Lipinski definition) is 0. The molecule has 0 saturated carbocycles. The first-order valence-electron chi connectivity index (χ1n) is 4.71. The smallest absolute Gasteiger partial charge is 0.372 e. The normalized spacial score (nSPS) is 5.65. The van der Waals surface area contributed by atoms with Crippen LogP contribution in [0.4, 0.5) is 0 Å². The molecule has 0 amide bonds. The molecule has 0 unspecified atom stereocenters. The van der Waals surface area contributed by atoms with Crippen LogP contribution in [0.2, 0.25) is 0 Å². The third-order valence-electron chi connectivity index (χ3n) is 1.35. The Bertz CT molecular complexity index is 51.8. The Balaban J connectivity index is -0.0000000138. The van der Waals surface area contributed by atoms with Gasteiger partial charge >= 0.3 is 31.1 Å². The molecule has 5 heteroatoms. The summed E-state index contributed by atoms with van der Waals surface area (Å²) in [6.07, 6.45) is 8.73. The standard InChI is InChI=1S/C8H17.C3H6.CH3.U.4Y/c1-3-5-7-8-6-4-2;1-3-2;;;;;;/h1,3-8H2,2H3;1-3H2;1H3;;;;;/q-1;-2;-1;+2;;;;. The predicted octanol–water partition coefficient (Wildman–Crippen LogP) is 4.67. The van der Waals surface area contributed by atoms with Crippen LogP contribution in [0, 0.1) is 59.3 Å². The molecule has 0 heterocycles. The predicted molar refractivity (Wildman–Crippen MR) is 60.5 cm³/mol. The zero-order valence-electron chi connectivity index (χ0n) is 11.9. The van der Waals surface area contributed by atoms with Crippen LogP contribution >= 0.6 is 0 Å². The van der Waals surface area contributed by atoms with Crippen molar-refractivity contribution < 1.29 is 162 Å². The molecule has 0 aromatic rings. The summed E-state index contributed by atoms with van der Waals surface area (Å²) in [5.41, 5.74) is 0. The fraction of sp³-hybridized carbons (Fsp3) is 0.667. The van der Waals surface area contributed by atoms with Gasteiger partial charge in [-0.25, -0.2) is 0 Å². The molecule has 0 aliphatic carbocycles. The molecule has 0 bridgehead atoms. The molecular weight excluding hydrogens is 738 g/mol. The SMILES string of the molecule is [CH2-]CCCCCCC.[CH2-]C[CH2-].[CH3-].[U+2].[Y].[Y].[Y].[Y]. The van der Waals surface area contributed by atoms with Gasteiger partial charge in [0.1, 0.15) is 0 Å². The van der Waals surface area contributed by atoms with Gasteiger partial charge < -0.3 is 34.6 Å². The van der Waals surface area contributed by atoms with Crippen molar-refractivity contribution in [1.82, 2.24) is 0 Å². The maximum atomic E-state index is 3.78. The van der Waals surface area contributed by atoms with E-state index in [-0.39, 0.29) is 169 Å². The van der Waals surface area contributed by atoms with Gasteiger partial charge in [0, 0.05) is 131 Å². The van der Waals surface area contributed by atoms with E-state index in [4.69, 9.17) is 0 Å². The molecule has 0 N–H and O–H groups in total. The van der Waals surface area contributed by atoms with Crippen LogP contribution in [0.3, 0.4) is 0 Å². The van der Waals surface area contributed by atoms with Crippen molar-refractivity contribution in [2.45, 2.75) is 51.9 Å². The Kier molecular flexibility index (Phi) is 168. The van der Waals surface area contributed by atoms with Gasteiger partial charge in [0.2, 0.25) is 0 Å². The quantitative estimate of drug-likeness (QED) is 0.283. The Morgan fingerprint density at radius 2 is 1.00 bits per heavy atom. The molecule has 0 spiro atoms. The van der Waals surface area contributed by atoms with Crippen LogP contribution in [-0.4, -0.2) is 0 Å². The molecule has 0 aromatic carbocycles. The summed E-state index contributed by atoms with van der Waals surface area (Å²) in [5, 5.41) is 0. The maximum absolute atomic E-state index is 3.78. The molecule has 0 aromatic heterocycles. The largest absolute Gasteiger partial charge is 2.00 e. The van der Waals surface area contributed by atoms with Crippen molar-refractivity contribution in [1.29, 1.82) is 0 Å². The number of rotatable bonds is 5. The topological polar surface area (TPSA) is 0 Å². The molecule has 92 valence electrons. The van der Waals surface area contributed by atoms with Gasteiger partial charge in [-0.1, -0.05) is 39.0 Å². The van der Waals surface area contributed by atoms with Crippen molar-refractivity contribution in [3.8, 4) is 0 Å². The minimum atomic E-state index is 0. The Morgan fingerprint density at radius 1 is 0.706 bits per heavy atom. The molecule has 0 aliphatic heterocycles. The molecule has 0 atom stereocenters. The first kappa shape index (κ1) is 49.5. The Morgan fingerprint density at radius 3 is 1.24 bits per heavy atom. The van der Waals surface area contributed by atoms with E-state index in [1.54, 1.807) is 0 Å². The van der Waals surface area contributed by atoms with Gasteiger partial charge in [-0.15, -0.1) is 0 Å². The minimum Gasteiger partial charge on any atom is -0.372 e. The molecular formula is C12H26UY4-2. The molecule has 0 fully saturated rings. The van der Waals surface area contributed by atoms with E-state index in [1.165, 1.54) is 32.1 Å². The van der Waals surface area contributed by atoms with Crippen molar-refractivity contribution in [3.05, 3.63) is 28.2 Å². The van der Waals surface area contributed by atoms with Gasteiger partial charge in [-0.3, -0.25) is 0 Å². The number of hydrogen-bond donors (Lipinski definition) is 0.